The van der Waals surface area contributed by atoms with Crippen molar-refractivity contribution in [2.24, 2.45) is 0 Å². The maximum atomic E-state index is 3.66. The second kappa shape index (κ2) is 13.3. The van der Waals surface area contributed by atoms with Gasteiger partial charge in [0.15, 0.2) is 0 Å². The minimum absolute atomic E-state index is 1.15. The first-order valence-corrected chi connectivity index (χ1v) is 35.4. The molecule has 0 aliphatic rings. The maximum Gasteiger partial charge on any atom is 0.0904 e. The molecule has 0 atom stereocenters. The fourth-order valence-electron chi connectivity index (χ4n) is 5.26. The van der Waals surface area contributed by atoms with Crippen molar-refractivity contribution in [1.82, 2.24) is 0 Å². The Bertz CT molecular complexity index is 1850. The van der Waals surface area contributed by atoms with E-state index in [1.165, 1.54) is 40.4 Å². The van der Waals surface area contributed by atoms with Crippen molar-refractivity contribution in [3.05, 3.63) is 70.4 Å². The van der Waals surface area contributed by atoms with Crippen molar-refractivity contribution in [2.75, 3.05) is 0 Å². The molecule has 0 saturated carbocycles. The van der Waals surface area contributed by atoms with E-state index in [1.807, 2.05) is 68.0 Å². The van der Waals surface area contributed by atoms with Gasteiger partial charge in [0.25, 0.3) is 0 Å². The summed E-state index contributed by atoms with van der Waals surface area (Å²) < 4.78 is 6.25. The molecule has 48 heavy (non-hydrogen) atoms. The summed E-state index contributed by atoms with van der Waals surface area (Å²) in [5.41, 5.74) is 2.70. The molecule has 0 saturated heterocycles. The van der Waals surface area contributed by atoms with Gasteiger partial charge in [0.2, 0.25) is 0 Å². The molecular formula is C38H46S6Si4. The normalized spacial score (nSPS) is 12.8. The molecule has 0 aliphatic carbocycles. The third-order valence-electron chi connectivity index (χ3n) is 8.13. The van der Waals surface area contributed by atoms with Crippen LogP contribution in [0.1, 0.15) is 9.75 Å². The molecule has 250 valence electrons. The Morgan fingerprint density at radius 2 is 0.625 bits per heavy atom. The fraction of sp³-hybridized carbons (Fsp3) is 0.316. The molecular weight excluding hydrogens is 761 g/mol. The first-order valence-electron chi connectivity index (χ1n) is 16.5. The SMILES string of the molecule is C[Si](C)(C)c1ccc(-c2cc(C#Cc3cc(-c4ccc([Si](C)(C)C)s4)c(-c4ccc([Si](C)(C)C)s4)s3)sc2-c2ccc([Si](C)(C)C)s2)s1. The fourth-order valence-corrected chi connectivity index (χ4v) is 19.3. The molecule has 0 nitrogen and oxygen atoms in total. The Balaban J connectivity index is 1.44. The Kier molecular flexibility index (Phi) is 10.1. The molecule has 0 N–H and O–H groups in total. The molecule has 10 heteroatoms. The van der Waals surface area contributed by atoms with E-state index in [1.54, 1.807) is 18.0 Å². The molecule has 0 spiro atoms. The van der Waals surface area contributed by atoms with Crippen LogP contribution in [-0.2, 0) is 0 Å². The van der Waals surface area contributed by atoms with Gasteiger partial charge in [-0.3, -0.25) is 0 Å². The van der Waals surface area contributed by atoms with Crippen LogP contribution in [0.15, 0.2) is 60.7 Å². The number of hydrogen-bond acceptors (Lipinski definition) is 6. The molecule has 6 aromatic heterocycles. The lowest BCUT2D eigenvalue weighted by molar-refractivity contribution is 1.78. The smallest absolute Gasteiger partial charge is 0.0904 e. The Morgan fingerprint density at radius 3 is 0.896 bits per heavy atom. The van der Waals surface area contributed by atoms with E-state index in [0.717, 1.165) is 9.75 Å². The van der Waals surface area contributed by atoms with Crippen molar-refractivity contribution < 1.29 is 0 Å². The minimum Gasteiger partial charge on any atom is -0.145 e. The standard InChI is InChI=1S/C38H46S6Si4/c1-45(2,3)33-19-15-29(41-33)27-23-25(39-37(27)31-17-21-35(43-31)47(7,8)9)13-14-26-24-28(30-16-20-34(42-30)46(4,5)6)38(40-26)32-18-22-36(44-32)48(10,11)12/h15-24H,1-12H3. The summed E-state index contributed by atoms with van der Waals surface area (Å²) in [6.07, 6.45) is 0. The second-order valence-electron chi connectivity index (χ2n) is 16.6. The van der Waals surface area contributed by atoms with Crippen LogP contribution in [0.2, 0.25) is 78.6 Å². The van der Waals surface area contributed by atoms with Gasteiger partial charge in [0.1, 0.15) is 0 Å². The van der Waals surface area contributed by atoms with Gasteiger partial charge in [-0.15, -0.1) is 68.0 Å². The van der Waals surface area contributed by atoms with Gasteiger partial charge in [-0.05, 0) is 66.2 Å². The van der Waals surface area contributed by atoms with Crippen molar-refractivity contribution in [2.45, 2.75) is 78.6 Å². The second-order valence-corrected chi connectivity index (χ2v) is 44.7. The van der Waals surface area contributed by atoms with Gasteiger partial charge in [0.05, 0.1) is 51.8 Å². The maximum absolute atomic E-state index is 3.66. The number of thiophene rings is 6. The molecule has 0 unspecified atom stereocenters. The largest absolute Gasteiger partial charge is 0.145 e. The quantitative estimate of drug-likeness (QED) is 0.106. The van der Waals surface area contributed by atoms with Crippen molar-refractivity contribution in [3.8, 4) is 52.2 Å². The summed E-state index contributed by atoms with van der Waals surface area (Å²) in [6, 6.07) is 23.7. The van der Waals surface area contributed by atoms with Crippen molar-refractivity contribution in [3.63, 3.8) is 0 Å². The van der Waals surface area contributed by atoms with Crippen LogP contribution in [0.4, 0.5) is 0 Å². The van der Waals surface area contributed by atoms with Gasteiger partial charge in [0, 0.05) is 30.6 Å². The topological polar surface area (TPSA) is 0 Å². The molecule has 0 aromatic carbocycles. The molecule has 6 heterocycles. The summed E-state index contributed by atoms with van der Waals surface area (Å²) in [4.78, 5) is 10.6. The average Bonchev–Trinajstić information content (AvgIpc) is 3.78. The molecule has 0 bridgehead atoms. The monoisotopic (exact) mass is 806 g/mol. The van der Waals surface area contributed by atoms with Crippen LogP contribution in [0, 0.1) is 11.8 Å². The molecule has 0 amide bonds. The van der Waals surface area contributed by atoms with E-state index in [0.29, 0.717) is 0 Å². The number of hydrogen-bond donors (Lipinski definition) is 0. The lowest BCUT2D eigenvalue weighted by Crippen LogP contribution is -2.34. The number of rotatable bonds is 8. The third kappa shape index (κ3) is 7.91. The van der Waals surface area contributed by atoms with Crippen LogP contribution < -0.4 is 18.0 Å². The predicted molar refractivity (Wildman–Crippen MR) is 240 cm³/mol. The van der Waals surface area contributed by atoms with Crippen molar-refractivity contribution >= 4 is 118 Å². The summed E-state index contributed by atoms with van der Waals surface area (Å²) in [7, 11) is -5.53. The van der Waals surface area contributed by atoms with Gasteiger partial charge < -0.3 is 0 Å². The van der Waals surface area contributed by atoms with E-state index >= 15 is 0 Å². The van der Waals surface area contributed by atoms with E-state index < -0.39 is 32.3 Å². The zero-order valence-corrected chi connectivity index (χ0v) is 39.1. The zero-order chi connectivity index (χ0) is 34.8. The highest BCUT2D eigenvalue weighted by molar-refractivity contribution is 7.33. The van der Waals surface area contributed by atoms with Gasteiger partial charge in [-0.2, -0.15) is 0 Å². The Labute approximate surface area is 316 Å². The summed E-state index contributed by atoms with van der Waals surface area (Å²) >= 11 is 11.7. The van der Waals surface area contributed by atoms with Gasteiger partial charge >= 0.3 is 0 Å². The van der Waals surface area contributed by atoms with Crippen LogP contribution in [0.3, 0.4) is 0 Å². The molecule has 0 radical (unpaired) electrons. The summed E-state index contributed by atoms with van der Waals surface area (Å²) in [5.74, 6) is 7.33. The van der Waals surface area contributed by atoms with Crippen molar-refractivity contribution in [1.29, 1.82) is 0 Å². The predicted octanol–water partition coefficient (Wildman–Crippen LogP) is 12.3. The van der Waals surface area contributed by atoms with E-state index in [4.69, 9.17) is 0 Å². The van der Waals surface area contributed by atoms with E-state index in [9.17, 15) is 0 Å². The van der Waals surface area contributed by atoms with Crippen LogP contribution in [0.25, 0.3) is 40.4 Å². The van der Waals surface area contributed by atoms with Crippen LogP contribution in [0.5, 0.6) is 0 Å². The highest BCUT2D eigenvalue weighted by atomic mass is 32.1. The van der Waals surface area contributed by atoms with Crippen LogP contribution in [-0.4, -0.2) is 32.3 Å². The lowest BCUT2D eigenvalue weighted by atomic mass is 10.2. The third-order valence-corrected chi connectivity index (χ3v) is 29.4. The molecule has 6 rings (SSSR count). The summed E-state index contributed by atoms with van der Waals surface area (Å²) in [6.45, 7) is 29.4. The highest BCUT2D eigenvalue weighted by Crippen LogP contribution is 2.44. The van der Waals surface area contributed by atoms with Gasteiger partial charge in [-0.25, -0.2) is 0 Å². The summed E-state index contributed by atoms with van der Waals surface area (Å²) in [5, 5.41) is 0. The molecule has 6 aromatic rings. The lowest BCUT2D eigenvalue weighted by Gasteiger charge is -2.12. The first kappa shape index (κ1) is 36.4. The van der Waals surface area contributed by atoms with E-state index in [-0.39, 0.29) is 0 Å². The Hall–Kier alpha value is -1.37. The van der Waals surface area contributed by atoms with E-state index in [2.05, 4.69) is 151 Å². The first-order chi connectivity index (χ1) is 22.3. The van der Waals surface area contributed by atoms with Gasteiger partial charge in [-0.1, -0.05) is 103 Å². The Morgan fingerprint density at radius 1 is 0.354 bits per heavy atom. The molecule has 0 fully saturated rings. The zero-order valence-electron chi connectivity index (χ0n) is 30.2. The average molecular weight is 808 g/mol. The minimum atomic E-state index is -1.38. The molecule has 0 aliphatic heterocycles. The van der Waals surface area contributed by atoms with Crippen LogP contribution >= 0.6 is 68.0 Å². The highest BCUT2D eigenvalue weighted by Gasteiger charge is 2.26.